The van der Waals surface area contributed by atoms with Gasteiger partial charge >= 0.3 is 0 Å². The molecular formula is C11H12FN2O2S2+. The molecule has 2 saturated heterocycles. The molecule has 2 N–H and O–H groups in total. The number of benzene rings is 1. The molecule has 0 amide bonds. The SMILES string of the molecule is O=[S+]1(O)C[C@@H]2NC(=S)N(c3ccccc3F)[C@H]2C1. The first-order valence-electron chi connectivity index (χ1n) is 5.54. The number of thiocarbonyl (C=S) groups is 1. The van der Waals surface area contributed by atoms with Gasteiger partial charge in [0.1, 0.15) is 17.9 Å². The summed E-state index contributed by atoms with van der Waals surface area (Å²) < 4.78 is 35.2. The van der Waals surface area contributed by atoms with E-state index in [0.29, 0.717) is 10.8 Å². The minimum Gasteiger partial charge on any atom is -0.352 e. The first-order chi connectivity index (χ1) is 8.48. The summed E-state index contributed by atoms with van der Waals surface area (Å²) >= 11 is 5.19. The summed E-state index contributed by atoms with van der Waals surface area (Å²) in [7, 11) is -2.82. The Morgan fingerprint density at radius 3 is 2.89 bits per heavy atom. The zero-order chi connectivity index (χ0) is 12.9. The second-order valence-corrected chi connectivity index (χ2v) is 7.15. The van der Waals surface area contributed by atoms with Crippen LogP contribution in [-0.2, 0) is 14.4 Å². The predicted molar refractivity (Wildman–Crippen MR) is 72.6 cm³/mol. The predicted octanol–water partition coefficient (Wildman–Crippen LogP) is 1.24. The van der Waals surface area contributed by atoms with Crippen molar-refractivity contribution in [2.24, 2.45) is 0 Å². The van der Waals surface area contributed by atoms with Crippen molar-refractivity contribution in [3.8, 4) is 0 Å². The van der Waals surface area contributed by atoms with Gasteiger partial charge in [-0.3, -0.25) is 0 Å². The minimum atomic E-state index is -2.82. The number of para-hydroxylation sites is 1. The van der Waals surface area contributed by atoms with Crippen molar-refractivity contribution in [2.75, 3.05) is 16.4 Å². The average Bonchev–Trinajstić information content (AvgIpc) is 2.70. The van der Waals surface area contributed by atoms with Gasteiger partial charge in [-0.25, -0.2) is 4.39 Å². The third kappa shape index (κ3) is 1.82. The van der Waals surface area contributed by atoms with Crippen LogP contribution in [0.25, 0.3) is 0 Å². The monoisotopic (exact) mass is 287 g/mol. The van der Waals surface area contributed by atoms with Crippen LogP contribution < -0.4 is 10.2 Å². The van der Waals surface area contributed by atoms with Crippen molar-refractivity contribution in [2.45, 2.75) is 12.1 Å². The topological polar surface area (TPSA) is 52.6 Å². The molecule has 3 rings (SSSR count). The fourth-order valence-electron chi connectivity index (χ4n) is 2.55. The number of rotatable bonds is 1. The van der Waals surface area contributed by atoms with E-state index in [2.05, 4.69) is 5.32 Å². The highest BCUT2D eigenvalue weighted by Gasteiger charge is 2.54. The van der Waals surface area contributed by atoms with Crippen LogP contribution in [0.15, 0.2) is 24.3 Å². The average molecular weight is 287 g/mol. The zero-order valence-corrected chi connectivity index (χ0v) is 11.0. The molecule has 0 spiro atoms. The van der Waals surface area contributed by atoms with E-state index in [1.807, 2.05) is 0 Å². The lowest BCUT2D eigenvalue weighted by molar-refractivity contribution is 0.502. The van der Waals surface area contributed by atoms with Gasteiger partial charge in [0.2, 0.25) is 10.2 Å². The molecule has 18 heavy (non-hydrogen) atoms. The van der Waals surface area contributed by atoms with Gasteiger partial charge in [-0.2, -0.15) is 4.55 Å². The smallest absolute Gasteiger partial charge is 0.218 e. The fourth-order valence-corrected chi connectivity index (χ4v) is 4.85. The molecule has 7 heteroatoms. The second kappa shape index (κ2) is 3.97. The van der Waals surface area contributed by atoms with Gasteiger partial charge in [0, 0.05) is 0 Å². The quantitative estimate of drug-likeness (QED) is 0.601. The molecule has 0 bridgehead atoms. The summed E-state index contributed by atoms with van der Waals surface area (Å²) in [6.45, 7) is 0. The summed E-state index contributed by atoms with van der Waals surface area (Å²) in [4.78, 5) is 1.62. The highest BCUT2D eigenvalue weighted by Crippen LogP contribution is 2.32. The van der Waals surface area contributed by atoms with Crippen molar-refractivity contribution >= 4 is 33.2 Å². The summed E-state index contributed by atoms with van der Waals surface area (Å²) in [5, 5.41) is 3.42. The van der Waals surface area contributed by atoms with Crippen LogP contribution in [0.5, 0.6) is 0 Å². The lowest BCUT2D eigenvalue weighted by Crippen LogP contribution is -2.38. The molecule has 2 fully saturated rings. The Kier molecular flexibility index (Phi) is 2.65. The van der Waals surface area contributed by atoms with Crippen LogP contribution in [0, 0.1) is 5.82 Å². The molecule has 1 aromatic rings. The lowest BCUT2D eigenvalue weighted by atomic mass is 10.1. The van der Waals surface area contributed by atoms with Crippen molar-refractivity contribution < 1.29 is 13.2 Å². The molecular weight excluding hydrogens is 275 g/mol. The first-order valence-corrected chi connectivity index (χ1v) is 7.80. The number of fused-ring (bicyclic) bond motifs is 1. The van der Waals surface area contributed by atoms with Crippen molar-refractivity contribution in [1.29, 1.82) is 0 Å². The van der Waals surface area contributed by atoms with E-state index in [4.69, 9.17) is 12.2 Å². The number of nitrogens with one attached hydrogen (secondary N) is 1. The molecule has 0 aromatic heterocycles. The van der Waals surface area contributed by atoms with Gasteiger partial charge in [-0.15, -0.1) is 0 Å². The highest BCUT2D eigenvalue weighted by molar-refractivity contribution is 7.98. The van der Waals surface area contributed by atoms with E-state index in [9.17, 15) is 13.2 Å². The fraction of sp³-hybridized carbons (Fsp3) is 0.364. The second-order valence-electron chi connectivity index (χ2n) is 4.55. The largest absolute Gasteiger partial charge is 0.352 e. The van der Waals surface area contributed by atoms with Crippen molar-refractivity contribution in [3.63, 3.8) is 0 Å². The molecule has 0 aliphatic carbocycles. The Morgan fingerprint density at radius 1 is 1.44 bits per heavy atom. The van der Waals surface area contributed by atoms with Crippen LogP contribution >= 0.6 is 12.2 Å². The van der Waals surface area contributed by atoms with Crippen LogP contribution in [0.4, 0.5) is 10.1 Å². The van der Waals surface area contributed by atoms with Gasteiger partial charge in [-0.05, 0) is 24.4 Å². The molecule has 1 aromatic carbocycles. The van der Waals surface area contributed by atoms with E-state index in [-0.39, 0.29) is 29.4 Å². The number of hydrogen-bond donors (Lipinski definition) is 2. The van der Waals surface area contributed by atoms with E-state index in [1.165, 1.54) is 6.07 Å². The third-order valence-electron chi connectivity index (χ3n) is 3.31. The maximum absolute atomic E-state index is 13.8. The maximum atomic E-state index is 13.8. The summed E-state index contributed by atoms with van der Waals surface area (Å²) in [6.07, 6.45) is 0. The Labute approximate surface area is 110 Å². The third-order valence-corrected chi connectivity index (χ3v) is 5.36. The number of anilines is 1. The zero-order valence-electron chi connectivity index (χ0n) is 9.38. The molecule has 2 aliphatic heterocycles. The Morgan fingerprint density at radius 2 is 2.17 bits per heavy atom. The molecule has 3 atom stereocenters. The first kappa shape index (κ1) is 12.0. The van der Waals surface area contributed by atoms with Crippen LogP contribution in [0.1, 0.15) is 0 Å². The summed E-state index contributed by atoms with van der Waals surface area (Å²) in [5.74, 6) is -0.0827. The van der Waals surface area contributed by atoms with Gasteiger partial charge in [0.25, 0.3) is 0 Å². The minimum absolute atomic E-state index is 0.124. The maximum Gasteiger partial charge on any atom is 0.218 e. The Hall–Kier alpha value is -1.05. The normalized spacial score (nSPS) is 34.6. The molecule has 0 saturated carbocycles. The van der Waals surface area contributed by atoms with Gasteiger partial charge < -0.3 is 10.2 Å². The van der Waals surface area contributed by atoms with Crippen LogP contribution in [0.2, 0.25) is 0 Å². The lowest BCUT2D eigenvalue weighted by Gasteiger charge is -2.22. The number of halogens is 1. The van der Waals surface area contributed by atoms with E-state index in [0.717, 1.165) is 0 Å². The van der Waals surface area contributed by atoms with Crippen molar-refractivity contribution in [1.82, 2.24) is 5.32 Å². The van der Waals surface area contributed by atoms with Gasteiger partial charge in [-0.1, -0.05) is 16.3 Å². The Balaban J connectivity index is 2.00. The molecule has 0 radical (unpaired) electrons. The van der Waals surface area contributed by atoms with E-state index < -0.39 is 10.2 Å². The molecule has 96 valence electrons. The van der Waals surface area contributed by atoms with Gasteiger partial charge in [0.05, 0.1) is 5.69 Å². The van der Waals surface area contributed by atoms with Gasteiger partial charge in [0.15, 0.2) is 16.6 Å². The molecule has 2 heterocycles. The van der Waals surface area contributed by atoms with E-state index in [1.54, 1.807) is 23.1 Å². The summed E-state index contributed by atoms with van der Waals surface area (Å²) in [6, 6.07) is 5.90. The van der Waals surface area contributed by atoms with Crippen LogP contribution in [0.3, 0.4) is 0 Å². The number of nitrogens with zero attached hydrogens (tertiary/aromatic N) is 1. The Bertz CT molecular complexity index is 566. The standard InChI is InChI=1S/C11H11FN2O2S2/c12-7-3-1-2-4-9(7)14-10-6-18(15,16)5-8(10)13-11(14)17/h1-4,8,10H,5-6H2,(H-,13,15,16,17)/p+1/t8-,10-/m0/s1. The number of hydrogen-bond acceptors (Lipinski definition) is 2. The van der Waals surface area contributed by atoms with E-state index >= 15 is 0 Å². The molecule has 1 unspecified atom stereocenters. The van der Waals surface area contributed by atoms with Crippen LogP contribution in [-0.4, -0.2) is 33.3 Å². The summed E-state index contributed by atoms with van der Waals surface area (Å²) in [5.41, 5.74) is 0.361. The molecule has 4 nitrogen and oxygen atoms in total. The molecule has 2 aliphatic rings. The highest BCUT2D eigenvalue weighted by atomic mass is 32.3. The van der Waals surface area contributed by atoms with Crippen molar-refractivity contribution in [3.05, 3.63) is 30.1 Å².